The van der Waals surface area contributed by atoms with Crippen LogP contribution in [0.4, 0.5) is 5.69 Å². The Kier molecular flexibility index (Phi) is 4.53. The lowest BCUT2D eigenvalue weighted by atomic mass is 10.1. The molecule has 2 aromatic rings. The quantitative estimate of drug-likeness (QED) is 0.822. The van der Waals surface area contributed by atoms with E-state index in [0.29, 0.717) is 23.5 Å². The number of benzene rings is 1. The van der Waals surface area contributed by atoms with Crippen molar-refractivity contribution in [3.8, 4) is 0 Å². The molecule has 0 bridgehead atoms. The number of nitrogens with two attached hydrogens (primary N) is 1. The van der Waals surface area contributed by atoms with E-state index in [1.165, 1.54) is 17.6 Å². The molecule has 0 unspecified atom stereocenters. The third-order valence-corrected chi connectivity index (χ3v) is 5.26. The maximum Gasteiger partial charge on any atom is 0.263 e. The number of hydrogen-bond donors (Lipinski definition) is 2. The zero-order chi connectivity index (χ0) is 15.6. The summed E-state index contributed by atoms with van der Waals surface area (Å²) in [5, 5.41) is 3.60. The summed E-state index contributed by atoms with van der Waals surface area (Å²) in [5.41, 5.74) is 7.61. The van der Waals surface area contributed by atoms with E-state index in [9.17, 15) is 13.2 Å². The van der Waals surface area contributed by atoms with Gasteiger partial charge in [-0.15, -0.1) is 11.3 Å². The van der Waals surface area contributed by atoms with Crippen LogP contribution in [0.5, 0.6) is 0 Å². The van der Waals surface area contributed by atoms with Crippen molar-refractivity contribution in [1.29, 1.82) is 0 Å². The smallest absolute Gasteiger partial charge is 0.263 e. The summed E-state index contributed by atoms with van der Waals surface area (Å²) >= 11 is 1.35. The summed E-state index contributed by atoms with van der Waals surface area (Å²) in [7, 11) is -2.99. The Hall–Kier alpha value is -1.60. The SMILES string of the molecule is Cc1ccc2c(N)c(C(=O)NCCCS(C)(=O)=O)sc2c1. The molecular weight excluding hydrogens is 308 g/mol. The van der Waals surface area contributed by atoms with Gasteiger partial charge in [-0.25, -0.2) is 8.42 Å². The molecule has 0 aliphatic carbocycles. The van der Waals surface area contributed by atoms with E-state index in [1.54, 1.807) is 0 Å². The Morgan fingerprint density at radius 3 is 2.76 bits per heavy atom. The number of nitrogen functional groups attached to an aromatic ring is 1. The summed E-state index contributed by atoms with van der Waals surface area (Å²) in [5.74, 6) is -0.186. The Bertz CT molecular complexity index is 779. The molecule has 2 rings (SSSR count). The highest BCUT2D eigenvalue weighted by Gasteiger charge is 2.16. The number of fused-ring (bicyclic) bond motifs is 1. The molecule has 1 heterocycles. The predicted molar refractivity (Wildman–Crippen MR) is 87.6 cm³/mol. The maximum absolute atomic E-state index is 12.1. The number of carbonyl (C=O) groups is 1. The first-order chi connectivity index (χ1) is 9.78. The lowest BCUT2D eigenvalue weighted by Gasteiger charge is -2.03. The maximum atomic E-state index is 12.1. The van der Waals surface area contributed by atoms with E-state index >= 15 is 0 Å². The zero-order valence-corrected chi connectivity index (χ0v) is 13.6. The van der Waals surface area contributed by atoms with Gasteiger partial charge in [0, 0.05) is 22.9 Å². The highest BCUT2D eigenvalue weighted by atomic mass is 32.2. The van der Waals surface area contributed by atoms with Crippen LogP contribution < -0.4 is 11.1 Å². The molecule has 0 aliphatic rings. The van der Waals surface area contributed by atoms with Crippen LogP contribution in [0.3, 0.4) is 0 Å². The molecule has 0 fully saturated rings. The van der Waals surface area contributed by atoms with Crippen LogP contribution in [0.15, 0.2) is 18.2 Å². The van der Waals surface area contributed by atoms with Crippen molar-refractivity contribution >= 4 is 42.9 Å². The molecule has 114 valence electrons. The molecule has 1 aromatic carbocycles. The van der Waals surface area contributed by atoms with E-state index in [-0.39, 0.29) is 11.7 Å². The minimum Gasteiger partial charge on any atom is -0.397 e. The van der Waals surface area contributed by atoms with Crippen molar-refractivity contribution in [3.63, 3.8) is 0 Å². The van der Waals surface area contributed by atoms with Crippen molar-refractivity contribution in [2.24, 2.45) is 0 Å². The van der Waals surface area contributed by atoms with Crippen LogP contribution in [0.2, 0.25) is 0 Å². The number of sulfone groups is 1. The second-order valence-corrected chi connectivity index (χ2v) is 8.40. The van der Waals surface area contributed by atoms with Crippen molar-refractivity contribution in [2.45, 2.75) is 13.3 Å². The third kappa shape index (κ3) is 3.95. The van der Waals surface area contributed by atoms with Crippen LogP contribution in [0.1, 0.15) is 21.7 Å². The summed E-state index contributed by atoms with van der Waals surface area (Å²) in [6.07, 6.45) is 1.58. The monoisotopic (exact) mass is 326 g/mol. The zero-order valence-electron chi connectivity index (χ0n) is 12.0. The number of carbonyl (C=O) groups excluding carboxylic acids is 1. The Morgan fingerprint density at radius 1 is 1.38 bits per heavy atom. The Labute approximate surface area is 128 Å². The first kappa shape index (κ1) is 15.8. The van der Waals surface area contributed by atoms with Gasteiger partial charge in [0.05, 0.1) is 11.4 Å². The fourth-order valence-electron chi connectivity index (χ4n) is 2.01. The van der Waals surface area contributed by atoms with E-state index in [1.807, 2.05) is 25.1 Å². The number of amides is 1. The highest BCUT2D eigenvalue weighted by molar-refractivity contribution is 7.90. The van der Waals surface area contributed by atoms with Crippen molar-refractivity contribution < 1.29 is 13.2 Å². The average molecular weight is 326 g/mol. The van der Waals surface area contributed by atoms with E-state index in [2.05, 4.69) is 5.32 Å². The number of anilines is 1. The molecule has 21 heavy (non-hydrogen) atoms. The van der Waals surface area contributed by atoms with Crippen LogP contribution in [-0.2, 0) is 9.84 Å². The van der Waals surface area contributed by atoms with E-state index in [0.717, 1.165) is 15.6 Å². The van der Waals surface area contributed by atoms with Crippen LogP contribution in [-0.4, -0.2) is 32.9 Å². The van der Waals surface area contributed by atoms with Gasteiger partial charge in [-0.1, -0.05) is 12.1 Å². The minimum atomic E-state index is -2.99. The van der Waals surface area contributed by atoms with Gasteiger partial charge in [-0.05, 0) is 25.0 Å². The normalized spacial score (nSPS) is 11.7. The molecule has 3 N–H and O–H groups in total. The fourth-order valence-corrected chi connectivity index (χ4v) is 3.82. The molecule has 1 amide bonds. The first-order valence-electron chi connectivity index (χ1n) is 6.52. The third-order valence-electron chi connectivity index (χ3n) is 3.07. The number of hydrogen-bond acceptors (Lipinski definition) is 5. The fraction of sp³-hybridized carbons (Fsp3) is 0.357. The number of rotatable bonds is 5. The molecule has 0 spiro atoms. The number of aryl methyl sites for hydroxylation is 1. The lowest BCUT2D eigenvalue weighted by molar-refractivity contribution is 0.0958. The van der Waals surface area contributed by atoms with Gasteiger partial charge < -0.3 is 11.1 Å². The van der Waals surface area contributed by atoms with Crippen LogP contribution in [0.25, 0.3) is 10.1 Å². The molecule has 0 atom stereocenters. The average Bonchev–Trinajstić information content (AvgIpc) is 2.70. The summed E-state index contributed by atoms with van der Waals surface area (Å²) in [6.45, 7) is 2.30. The molecule has 0 saturated heterocycles. The van der Waals surface area contributed by atoms with Crippen molar-refractivity contribution in [3.05, 3.63) is 28.6 Å². The van der Waals surface area contributed by atoms with Gasteiger partial charge in [0.1, 0.15) is 14.7 Å². The second kappa shape index (κ2) is 6.03. The largest absolute Gasteiger partial charge is 0.397 e. The lowest BCUT2D eigenvalue weighted by Crippen LogP contribution is -2.25. The number of thiophene rings is 1. The van der Waals surface area contributed by atoms with Gasteiger partial charge in [-0.3, -0.25) is 4.79 Å². The molecule has 7 heteroatoms. The second-order valence-electron chi connectivity index (χ2n) is 5.08. The molecular formula is C14H18N2O3S2. The van der Waals surface area contributed by atoms with Gasteiger partial charge in [0.15, 0.2) is 0 Å². The summed E-state index contributed by atoms with van der Waals surface area (Å²) in [4.78, 5) is 12.6. The molecule has 0 aliphatic heterocycles. The topological polar surface area (TPSA) is 89.3 Å². The van der Waals surface area contributed by atoms with Crippen LogP contribution in [0, 0.1) is 6.92 Å². The Morgan fingerprint density at radius 2 is 2.10 bits per heavy atom. The molecule has 0 radical (unpaired) electrons. The first-order valence-corrected chi connectivity index (χ1v) is 9.40. The number of nitrogens with one attached hydrogen (secondary N) is 1. The summed E-state index contributed by atoms with van der Waals surface area (Å²) in [6, 6.07) is 5.87. The molecule has 1 aromatic heterocycles. The van der Waals surface area contributed by atoms with Crippen LogP contribution >= 0.6 is 11.3 Å². The molecule has 0 saturated carbocycles. The standard InChI is InChI=1S/C14H18N2O3S2/c1-9-4-5-10-11(8-9)20-13(12(10)15)14(17)16-6-3-7-21(2,18)19/h4-5,8H,3,6-7,15H2,1-2H3,(H,16,17). The predicted octanol–water partition coefficient (Wildman–Crippen LogP) is 1.96. The van der Waals surface area contributed by atoms with Crippen molar-refractivity contribution in [1.82, 2.24) is 5.32 Å². The minimum absolute atomic E-state index is 0.0639. The van der Waals surface area contributed by atoms with E-state index < -0.39 is 9.84 Å². The van der Waals surface area contributed by atoms with Gasteiger partial charge in [-0.2, -0.15) is 0 Å². The van der Waals surface area contributed by atoms with Gasteiger partial charge in [0.25, 0.3) is 5.91 Å². The Balaban J connectivity index is 2.07. The van der Waals surface area contributed by atoms with Gasteiger partial charge in [0.2, 0.25) is 0 Å². The summed E-state index contributed by atoms with van der Waals surface area (Å²) < 4.78 is 23.0. The molecule has 5 nitrogen and oxygen atoms in total. The van der Waals surface area contributed by atoms with Gasteiger partial charge >= 0.3 is 0 Å². The van der Waals surface area contributed by atoms with E-state index in [4.69, 9.17) is 5.73 Å². The van der Waals surface area contributed by atoms with Crippen molar-refractivity contribution in [2.75, 3.05) is 24.3 Å². The highest BCUT2D eigenvalue weighted by Crippen LogP contribution is 2.34.